The Morgan fingerprint density at radius 2 is 2.64 bits per heavy atom. The van der Waals surface area contributed by atoms with Crippen molar-refractivity contribution in [3.05, 3.63) is 29.3 Å². The summed E-state index contributed by atoms with van der Waals surface area (Å²) in [4.78, 5) is 6.88. The molecule has 4 heteroatoms. The van der Waals surface area contributed by atoms with Gasteiger partial charge in [-0.3, -0.25) is 0 Å². The van der Waals surface area contributed by atoms with Crippen molar-refractivity contribution < 1.29 is 0 Å². The highest BCUT2D eigenvalue weighted by molar-refractivity contribution is 9.11. The van der Waals surface area contributed by atoms with E-state index >= 15 is 0 Å². The van der Waals surface area contributed by atoms with Crippen LogP contribution in [0.25, 0.3) is 0 Å². The van der Waals surface area contributed by atoms with E-state index in [9.17, 15) is 0 Å². The fourth-order valence-corrected chi connectivity index (χ4v) is 0.912. The number of aromatic amines is 1. The van der Waals surface area contributed by atoms with Crippen molar-refractivity contribution in [2.45, 2.75) is 6.54 Å². The van der Waals surface area contributed by atoms with E-state index in [0.29, 0.717) is 0 Å². The predicted octanol–water partition coefficient (Wildman–Crippen LogP) is 1.41. The van der Waals surface area contributed by atoms with E-state index < -0.39 is 0 Å². The second-order valence-corrected chi connectivity index (χ2v) is 3.32. The van der Waals surface area contributed by atoms with Crippen LogP contribution in [0.4, 0.5) is 0 Å². The van der Waals surface area contributed by atoms with Crippen LogP contribution < -0.4 is 5.32 Å². The molecule has 0 aliphatic carbocycles. The number of hydrogen-bond donors (Lipinski definition) is 2. The van der Waals surface area contributed by atoms with Crippen molar-refractivity contribution in [1.82, 2.24) is 15.3 Å². The molecule has 0 aromatic carbocycles. The third-order valence-corrected chi connectivity index (χ3v) is 1.47. The van der Waals surface area contributed by atoms with Gasteiger partial charge in [0.05, 0.1) is 6.33 Å². The molecule has 1 aromatic rings. The first kappa shape index (κ1) is 8.49. The molecule has 60 valence electrons. The third-order valence-electron chi connectivity index (χ3n) is 1.19. The minimum absolute atomic E-state index is 0.777. The summed E-state index contributed by atoms with van der Waals surface area (Å²) in [7, 11) is 0. The molecule has 0 spiro atoms. The average molecular weight is 216 g/mol. The Hall–Kier alpha value is -0.610. The molecule has 0 unspecified atom stereocenters. The van der Waals surface area contributed by atoms with Crippen LogP contribution in [0.2, 0.25) is 0 Å². The number of nitrogens with one attached hydrogen (secondary N) is 2. The molecule has 0 bridgehead atoms. The third kappa shape index (κ3) is 3.34. The summed E-state index contributed by atoms with van der Waals surface area (Å²) >= 11 is 3.26. The lowest BCUT2D eigenvalue weighted by atomic mass is 10.4. The van der Waals surface area contributed by atoms with E-state index in [0.717, 1.165) is 23.3 Å². The van der Waals surface area contributed by atoms with Gasteiger partial charge in [0, 0.05) is 29.5 Å². The van der Waals surface area contributed by atoms with Crippen LogP contribution in [0, 0.1) is 0 Å². The maximum Gasteiger partial charge on any atom is 0.0922 e. The number of imidazole rings is 1. The van der Waals surface area contributed by atoms with Gasteiger partial charge in [-0.15, -0.1) is 0 Å². The molecule has 0 aliphatic rings. The molecule has 0 radical (unpaired) electrons. The maximum absolute atomic E-state index is 3.89. The summed E-state index contributed by atoms with van der Waals surface area (Å²) in [5.74, 6) is 0. The Morgan fingerprint density at radius 3 is 3.18 bits per heavy atom. The number of aromatic nitrogens is 2. The van der Waals surface area contributed by atoms with Crippen LogP contribution in [0.3, 0.4) is 0 Å². The number of halogens is 1. The second kappa shape index (κ2) is 4.31. The molecule has 11 heavy (non-hydrogen) atoms. The van der Waals surface area contributed by atoms with Crippen molar-refractivity contribution >= 4 is 15.9 Å². The molecular formula is C7H10BrN3. The molecule has 3 nitrogen and oxygen atoms in total. The lowest BCUT2D eigenvalue weighted by molar-refractivity contribution is 0.742. The van der Waals surface area contributed by atoms with E-state index in [1.54, 1.807) is 12.5 Å². The van der Waals surface area contributed by atoms with Crippen LogP contribution in [0.15, 0.2) is 23.6 Å². The molecule has 0 amide bonds. The lowest BCUT2D eigenvalue weighted by Gasteiger charge is -1.99. The Balaban J connectivity index is 2.19. The molecule has 0 fully saturated rings. The second-order valence-electron chi connectivity index (χ2n) is 2.20. The molecule has 1 rings (SSSR count). The van der Waals surface area contributed by atoms with E-state index in [1.165, 1.54) is 0 Å². The van der Waals surface area contributed by atoms with Crippen LogP contribution >= 0.6 is 15.9 Å². The number of nitrogens with zero attached hydrogens (tertiary/aromatic N) is 1. The normalized spacial score (nSPS) is 9.91. The summed E-state index contributed by atoms with van der Waals surface area (Å²) in [5, 5.41) is 3.17. The summed E-state index contributed by atoms with van der Waals surface area (Å²) in [6, 6.07) is 0. The van der Waals surface area contributed by atoms with Crippen LogP contribution in [0.1, 0.15) is 5.69 Å². The Kier molecular flexibility index (Phi) is 3.32. The number of rotatable bonds is 4. The van der Waals surface area contributed by atoms with E-state index in [1.807, 2.05) is 0 Å². The van der Waals surface area contributed by atoms with Crippen LogP contribution in [-0.4, -0.2) is 16.5 Å². The summed E-state index contributed by atoms with van der Waals surface area (Å²) in [6.45, 7) is 5.28. The Morgan fingerprint density at radius 1 is 1.82 bits per heavy atom. The maximum atomic E-state index is 3.89. The highest BCUT2D eigenvalue weighted by Gasteiger charge is 1.91. The summed E-state index contributed by atoms with van der Waals surface area (Å²) in [5.41, 5.74) is 1.08. The van der Waals surface area contributed by atoms with Gasteiger partial charge in [0.25, 0.3) is 0 Å². The number of hydrogen-bond acceptors (Lipinski definition) is 2. The average Bonchev–Trinajstić information content (AvgIpc) is 2.39. The molecule has 0 saturated carbocycles. The monoisotopic (exact) mass is 215 g/mol. The first-order chi connectivity index (χ1) is 5.29. The quantitative estimate of drug-likeness (QED) is 0.798. The minimum atomic E-state index is 0.777. The molecule has 0 saturated heterocycles. The number of H-pyrrole nitrogens is 1. The van der Waals surface area contributed by atoms with Crippen molar-refractivity contribution in [2.75, 3.05) is 6.54 Å². The first-order valence-corrected chi connectivity index (χ1v) is 4.09. The van der Waals surface area contributed by atoms with Gasteiger partial charge in [0.2, 0.25) is 0 Å². The molecule has 2 N–H and O–H groups in total. The highest BCUT2D eigenvalue weighted by atomic mass is 79.9. The summed E-state index contributed by atoms with van der Waals surface area (Å²) in [6.07, 6.45) is 3.46. The van der Waals surface area contributed by atoms with Gasteiger partial charge in [-0.25, -0.2) is 4.98 Å². The van der Waals surface area contributed by atoms with E-state index in [2.05, 4.69) is 37.8 Å². The zero-order chi connectivity index (χ0) is 8.10. The topological polar surface area (TPSA) is 40.7 Å². The van der Waals surface area contributed by atoms with Crippen molar-refractivity contribution in [3.8, 4) is 0 Å². The molecule has 0 aliphatic heterocycles. The van der Waals surface area contributed by atoms with Crippen molar-refractivity contribution in [3.63, 3.8) is 0 Å². The SMILES string of the molecule is C=C(Br)CNCc1cnc[nH]1. The van der Waals surface area contributed by atoms with Gasteiger partial charge in [0.15, 0.2) is 0 Å². The molecular weight excluding hydrogens is 206 g/mol. The fourth-order valence-electron chi connectivity index (χ4n) is 0.714. The zero-order valence-electron chi connectivity index (χ0n) is 6.10. The summed E-state index contributed by atoms with van der Waals surface area (Å²) < 4.78 is 0.956. The van der Waals surface area contributed by atoms with E-state index in [4.69, 9.17) is 0 Å². The largest absolute Gasteiger partial charge is 0.347 e. The smallest absolute Gasteiger partial charge is 0.0922 e. The fraction of sp³-hybridized carbons (Fsp3) is 0.286. The van der Waals surface area contributed by atoms with Crippen molar-refractivity contribution in [1.29, 1.82) is 0 Å². The van der Waals surface area contributed by atoms with Crippen molar-refractivity contribution in [2.24, 2.45) is 0 Å². The molecule has 0 atom stereocenters. The van der Waals surface area contributed by atoms with Crippen LogP contribution in [0.5, 0.6) is 0 Å². The van der Waals surface area contributed by atoms with E-state index in [-0.39, 0.29) is 0 Å². The standard InChI is InChI=1S/C7H10BrN3/c1-6(8)2-9-3-7-4-10-5-11-7/h4-5,9H,1-3H2,(H,10,11). The molecule has 1 heterocycles. The Bertz CT molecular complexity index is 218. The van der Waals surface area contributed by atoms with Gasteiger partial charge in [-0.1, -0.05) is 22.5 Å². The van der Waals surface area contributed by atoms with Gasteiger partial charge in [0.1, 0.15) is 0 Å². The lowest BCUT2D eigenvalue weighted by Crippen LogP contribution is -2.14. The predicted molar refractivity (Wildman–Crippen MR) is 48.4 cm³/mol. The molecule has 1 aromatic heterocycles. The minimum Gasteiger partial charge on any atom is -0.347 e. The first-order valence-electron chi connectivity index (χ1n) is 3.30. The van der Waals surface area contributed by atoms with Gasteiger partial charge < -0.3 is 10.3 Å². The zero-order valence-corrected chi connectivity index (χ0v) is 7.69. The van der Waals surface area contributed by atoms with Gasteiger partial charge >= 0.3 is 0 Å². The van der Waals surface area contributed by atoms with Gasteiger partial charge in [-0.2, -0.15) is 0 Å². The Labute approximate surface area is 74.0 Å². The highest BCUT2D eigenvalue weighted by Crippen LogP contribution is 1.97. The van der Waals surface area contributed by atoms with Crippen LogP contribution in [-0.2, 0) is 6.54 Å². The van der Waals surface area contributed by atoms with Gasteiger partial charge in [-0.05, 0) is 0 Å².